The molecule has 2 aliphatic carbocycles. The number of aryl methyl sites for hydroxylation is 1. The van der Waals surface area contributed by atoms with Crippen LogP contribution in [0.5, 0.6) is 5.75 Å². The van der Waals surface area contributed by atoms with Crippen molar-refractivity contribution in [1.82, 2.24) is 5.32 Å². The summed E-state index contributed by atoms with van der Waals surface area (Å²) in [6.45, 7) is 5.57. The monoisotopic (exact) mass is 273 g/mol. The lowest BCUT2D eigenvalue weighted by molar-refractivity contribution is 0.129. The average molecular weight is 273 g/mol. The Kier molecular flexibility index (Phi) is 4.30. The van der Waals surface area contributed by atoms with E-state index in [1.54, 1.807) is 0 Å². The second-order valence-electron chi connectivity index (χ2n) is 6.52. The highest BCUT2D eigenvalue weighted by Crippen LogP contribution is 2.35. The van der Waals surface area contributed by atoms with Gasteiger partial charge in [-0.1, -0.05) is 26.3 Å². The molecule has 0 aromatic heterocycles. The van der Waals surface area contributed by atoms with E-state index in [1.807, 2.05) is 0 Å². The quantitative estimate of drug-likeness (QED) is 0.886. The molecule has 1 aromatic rings. The van der Waals surface area contributed by atoms with Crippen molar-refractivity contribution in [3.8, 4) is 5.75 Å². The minimum Gasteiger partial charge on any atom is -0.490 e. The number of hydrogen-bond donors (Lipinski definition) is 1. The minimum absolute atomic E-state index is 0.433. The molecule has 1 fully saturated rings. The molecule has 0 aliphatic heterocycles. The first-order valence-electron chi connectivity index (χ1n) is 8.29. The Labute approximate surface area is 122 Å². The maximum Gasteiger partial charge on any atom is 0.120 e. The van der Waals surface area contributed by atoms with Gasteiger partial charge in [0.2, 0.25) is 0 Å². The summed E-state index contributed by atoms with van der Waals surface area (Å²) in [4.78, 5) is 0. The molecule has 2 aliphatic rings. The lowest BCUT2D eigenvalue weighted by Gasteiger charge is -2.27. The fourth-order valence-electron chi connectivity index (χ4n) is 3.80. The third kappa shape index (κ3) is 3.01. The molecule has 2 heteroatoms. The van der Waals surface area contributed by atoms with Gasteiger partial charge in [-0.15, -0.1) is 0 Å². The minimum atomic E-state index is 0.433. The molecule has 3 rings (SSSR count). The van der Waals surface area contributed by atoms with Crippen LogP contribution >= 0.6 is 0 Å². The van der Waals surface area contributed by atoms with Crippen LogP contribution in [0.25, 0.3) is 0 Å². The summed E-state index contributed by atoms with van der Waals surface area (Å²) in [5.74, 6) is 1.90. The van der Waals surface area contributed by atoms with Gasteiger partial charge < -0.3 is 10.1 Å². The van der Waals surface area contributed by atoms with Gasteiger partial charge in [0.15, 0.2) is 0 Å². The molecule has 110 valence electrons. The van der Waals surface area contributed by atoms with Crippen LogP contribution in [-0.4, -0.2) is 12.6 Å². The van der Waals surface area contributed by atoms with E-state index in [-0.39, 0.29) is 0 Å². The highest BCUT2D eigenvalue weighted by molar-refractivity contribution is 5.40. The summed E-state index contributed by atoms with van der Waals surface area (Å²) in [6.07, 6.45) is 7.98. The molecule has 1 N–H and O–H groups in total. The van der Waals surface area contributed by atoms with Crippen LogP contribution in [0, 0.1) is 5.92 Å². The maximum atomic E-state index is 6.23. The zero-order chi connectivity index (χ0) is 13.9. The van der Waals surface area contributed by atoms with Crippen molar-refractivity contribution < 1.29 is 4.74 Å². The number of benzene rings is 1. The van der Waals surface area contributed by atoms with Gasteiger partial charge in [0.05, 0.1) is 6.10 Å². The van der Waals surface area contributed by atoms with E-state index in [0.717, 1.165) is 18.2 Å². The molecular weight excluding hydrogens is 246 g/mol. The molecule has 2 nitrogen and oxygen atoms in total. The largest absolute Gasteiger partial charge is 0.490 e. The summed E-state index contributed by atoms with van der Waals surface area (Å²) < 4.78 is 6.23. The molecule has 0 radical (unpaired) electrons. The fraction of sp³-hybridized carbons (Fsp3) is 0.667. The third-order valence-electron chi connectivity index (χ3n) is 4.83. The van der Waals surface area contributed by atoms with Gasteiger partial charge in [-0.3, -0.25) is 0 Å². The standard InChI is InChI=1S/C18H27NO/c1-3-19-18-10-7-14-12-16(8-9-17(14)18)20-15-6-4-5-13(2)11-15/h8-9,12-13,15,18-19H,3-7,10-11H2,1-2H3. The molecular formula is C18H27NO. The molecule has 0 saturated heterocycles. The highest BCUT2D eigenvalue weighted by Gasteiger charge is 2.23. The lowest BCUT2D eigenvalue weighted by Crippen LogP contribution is -2.24. The smallest absolute Gasteiger partial charge is 0.120 e. The first-order valence-corrected chi connectivity index (χ1v) is 8.29. The summed E-state index contributed by atoms with van der Waals surface area (Å²) in [7, 11) is 0. The van der Waals surface area contributed by atoms with Crippen LogP contribution in [-0.2, 0) is 6.42 Å². The molecule has 20 heavy (non-hydrogen) atoms. The Bertz CT molecular complexity index is 457. The molecule has 0 amide bonds. The Morgan fingerprint density at radius 1 is 1.25 bits per heavy atom. The Balaban J connectivity index is 1.67. The van der Waals surface area contributed by atoms with E-state index in [2.05, 4.69) is 37.4 Å². The third-order valence-corrected chi connectivity index (χ3v) is 4.83. The summed E-state index contributed by atoms with van der Waals surface area (Å²) in [5, 5.41) is 3.57. The van der Waals surface area contributed by atoms with E-state index < -0.39 is 0 Å². The summed E-state index contributed by atoms with van der Waals surface area (Å²) in [5.41, 5.74) is 2.97. The van der Waals surface area contributed by atoms with Crippen LogP contribution < -0.4 is 10.1 Å². The Morgan fingerprint density at radius 3 is 2.95 bits per heavy atom. The normalized spacial score (nSPS) is 29.2. The maximum absolute atomic E-state index is 6.23. The number of ether oxygens (including phenoxy) is 1. The Morgan fingerprint density at radius 2 is 2.15 bits per heavy atom. The zero-order valence-electron chi connectivity index (χ0n) is 12.8. The molecule has 0 bridgehead atoms. The molecule has 1 aromatic carbocycles. The van der Waals surface area contributed by atoms with Gasteiger partial charge in [-0.25, -0.2) is 0 Å². The summed E-state index contributed by atoms with van der Waals surface area (Å²) >= 11 is 0. The Hall–Kier alpha value is -1.02. The van der Waals surface area contributed by atoms with Crippen LogP contribution in [0.4, 0.5) is 0 Å². The topological polar surface area (TPSA) is 21.3 Å². The number of nitrogens with one attached hydrogen (secondary N) is 1. The van der Waals surface area contributed by atoms with Crippen molar-refractivity contribution in [2.45, 2.75) is 64.5 Å². The van der Waals surface area contributed by atoms with Crippen molar-refractivity contribution in [1.29, 1.82) is 0 Å². The zero-order valence-corrected chi connectivity index (χ0v) is 12.8. The molecule has 0 spiro atoms. The predicted molar refractivity (Wildman–Crippen MR) is 83.2 cm³/mol. The van der Waals surface area contributed by atoms with Crippen LogP contribution in [0.15, 0.2) is 18.2 Å². The van der Waals surface area contributed by atoms with Crippen LogP contribution in [0.2, 0.25) is 0 Å². The molecule has 1 saturated carbocycles. The van der Waals surface area contributed by atoms with Gasteiger partial charge in [0.1, 0.15) is 5.75 Å². The first kappa shape index (κ1) is 13.9. The van der Waals surface area contributed by atoms with Crippen LogP contribution in [0.3, 0.4) is 0 Å². The van der Waals surface area contributed by atoms with Crippen molar-refractivity contribution >= 4 is 0 Å². The van der Waals surface area contributed by atoms with E-state index in [9.17, 15) is 0 Å². The number of hydrogen-bond acceptors (Lipinski definition) is 2. The van der Waals surface area contributed by atoms with Gasteiger partial charge in [-0.2, -0.15) is 0 Å². The second-order valence-corrected chi connectivity index (χ2v) is 6.52. The fourth-order valence-corrected chi connectivity index (χ4v) is 3.80. The second kappa shape index (κ2) is 6.17. The highest BCUT2D eigenvalue weighted by atomic mass is 16.5. The average Bonchev–Trinajstić information content (AvgIpc) is 2.82. The molecule has 3 atom stereocenters. The van der Waals surface area contributed by atoms with E-state index in [0.29, 0.717) is 12.1 Å². The van der Waals surface area contributed by atoms with Crippen molar-refractivity contribution in [2.75, 3.05) is 6.54 Å². The van der Waals surface area contributed by atoms with Gasteiger partial charge in [0.25, 0.3) is 0 Å². The first-order chi connectivity index (χ1) is 9.76. The predicted octanol–water partition coefficient (Wildman–Crippen LogP) is 4.24. The lowest BCUT2D eigenvalue weighted by atomic mass is 9.89. The number of fused-ring (bicyclic) bond motifs is 1. The van der Waals surface area contributed by atoms with Gasteiger partial charge >= 0.3 is 0 Å². The SMILES string of the molecule is CCNC1CCc2cc(OC3CCCC(C)C3)ccc21. The van der Waals surface area contributed by atoms with Crippen molar-refractivity contribution in [2.24, 2.45) is 5.92 Å². The van der Waals surface area contributed by atoms with Gasteiger partial charge in [0, 0.05) is 6.04 Å². The van der Waals surface area contributed by atoms with E-state index in [4.69, 9.17) is 4.74 Å². The van der Waals surface area contributed by atoms with Crippen molar-refractivity contribution in [3.05, 3.63) is 29.3 Å². The molecule has 0 heterocycles. The van der Waals surface area contributed by atoms with E-state index in [1.165, 1.54) is 49.7 Å². The van der Waals surface area contributed by atoms with Gasteiger partial charge in [-0.05, 0) is 67.8 Å². The summed E-state index contributed by atoms with van der Waals surface area (Å²) in [6, 6.07) is 7.29. The molecule has 3 unspecified atom stereocenters. The van der Waals surface area contributed by atoms with E-state index >= 15 is 0 Å². The number of rotatable bonds is 4. The van der Waals surface area contributed by atoms with Crippen molar-refractivity contribution in [3.63, 3.8) is 0 Å². The van der Waals surface area contributed by atoms with Crippen LogP contribution in [0.1, 0.15) is 63.1 Å².